The number of ether oxygens (including phenoxy) is 1. The molecule has 1 atom stereocenters. The molecule has 2 aromatic heterocycles. The number of carboxylic acids is 1. The highest BCUT2D eigenvalue weighted by Gasteiger charge is 2.17. The van der Waals surface area contributed by atoms with Crippen molar-refractivity contribution in [2.75, 3.05) is 11.9 Å². The van der Waals surface area contributed by atoms with E-state index >= 15 is 0 Å². The number of anilines is 2. The second kappa shape index (κ2) is 9.78. The van der Waals surface area contributed by atoms with Crippen molar-refractivity contribution in [1.29, 1.82) is 0 Å². The lowest BCUT2D eigenvalue weighted by Gasteiger charge is -2.17. The van der Waals surface area contributed by atoms with Crippen molar-refractivity contribution in [2.24, 2.45) is 0 Å². The zero-order valence-corrected chi connectivity index (χ0v) is 17.3. The zero-order valence-electron chi connectivity index (χ0n) is 17.3. The number of hydrogen-bond acceptors (Lipinski definition) is 7. The van der Waals surface area contributed by atoms with Crippen LogP contribution in [0.2, 0.25) is 0 Å². The fourth-order valence-electron chi connectivity index (χ4n) is 3.09. The molecule has 3 aromatic rings. The number of nitrogens with zero attached hydrogens (tertiary/aromatic N) is 4. The van der Waals surface area contributed by atoms with E-state index in [0.29, 0.717) is 24.1 Å². The number of carbonyl (C=O) groups is 1. The first-order valence-corrected chi connectivity index (χ1v) is 9.86. The number of hydrogen-bond donors (Lipinski definition) is 2. The predicted octanol–water partition coefficient (Wildman–Crippen LogP) is 4.35. The third kappa shape index (κ3) is 5.28. The van der Waals surface area contributed by atoms with E-state index in [4.69, 9.17) is 4.74 Å². The van der Waals surface area contributed by atoms with Crippen LogP contribution in [-0.2, 0) is 4.79 Å². The molecular weight excluding hydrogens is 382 g/mol. The molecule has 156 valence electrons. The topological polar surface area (TPSA) is 110 Å². The molecule has 0 aliphatic rings. The lowest BCUT2D eigenvalue weighted by Crippen LogP contribution is -2.07. The van der Waals surface area contributed by atoms with E-state index < -0.39 is 5.97 Å². The Bertz CT molecular complexity index is 991. The number of benzene rings is 1. The summed E-state index contributed by atoms with van der Waals surface area (Å²) in [5, 5.41) is 12.6. The second-order valence-electron chi connectivity index (χ2n) is 6.90. The van der Waals surface area contributed by atoms with Gasteiger partial charge in [-0.1, -0.05) is 13.0 Å². The van der Waals surface area contributed by atoms with Gasteiger partial charge < -0.3 is 15.2 Å². The first-order valence-electron chi connectivity index (χ1n) is 9.86. The summed E-state index contributed by atoms with van der Waals surface area (Å²) in [6, 6.07) is 6.12. The van der Waals surface area contributed by atoms with Crippen LogP contribution in [0.15, 0.2) is 43.0 Å². The van der Waals surface area contributed by atoms with Crippen molar-refractivity contribution in [2.45, 2.75) is 39.5 Å². The Morgan fingerprint density at radius 2 is 1.80 bits per heavy atom. The molecule has 0 bridgehead atoms. The Balaban J connectivity index is 1.99. The summed E-state index contributed by atoms with van der Waals surface area (Å²) < 4.78 is 5.29. The first-order chi connectivity index (χ1) is 14.5. The maximum Gasteiger partial charge on any atom is 0.316 e. The van der Waals surface area contributed by atoms with Gasteiger partial charge in [-0.15, -0.1) is 0 Å². The normalized spacial score (nSPS) is 11.7. The van der Waals surface area contributed by atoms with Crippen LogP contribution in [0.4, 0.5) is 11.4 Å². The Labute approximate surface area is 175 Å². The summed E-state index contributed by atoms with van der Waals surface area (Å²) >= 11 is 0. The molecule has 0 saturated carbocycles. The first kappa shape index (κ1) is 21.2. The third-order valence-corrected chi connectivity index (χ3v) is 4.63. The van der Waals surface area contributed by atoms with E-state index in [2.05, 4.69) is 25.3 Å². The molecule has 0 aliphatic carbocycles. The lowest BCUT2D eigenvalue weighted by atomic mass is 9.91. The number of aliphatic carboxylic acids is 1. The fourth-order valence-corrected chi connectivity index (χ4v) is 3.09. The SMILES string of the molecule is CCOc1ncc(Nc2cc([C@H](CC)CC(=O)O)ccc2-c2ncc(C)cn2)cn1. The van der Waals surface area contributed by atoms with Crippen molar-refractivity contribution in [1.82, 2.24) is 19.9 Å². The molecule has 30 heavy (non-hydrogen) atoms. The van der Waals surface area contributed by atoms with Crippen molar-refractivity contribution in [3.8, 4) is 17.4 Å². The molecule has 3 rings (SSSR count). The van der Waals surface area contributed by atoms with E-state index in [9.17, 15) is 9.90 Å². The maximum atomic E-state index is 11.3. The van der Waals surface area contributed by atoms with Gasteiger partial charge >= 0.3 is 12.0 Å². The summed E-state index contributed by atoms with van der Waals surface area (Å²) in [6.45, 7) is 6.28. The monoisotopic (exact) mass is 407 g/mol. The fraction of sp³-hybridized carbons (Fsp3) is 0.318. The molecule has 0 fully saturated rings. The predicted molar refractivity (Wildman–Crippen MR) is 114 cm³/mol. The summed E-state index contributed by atoms with van der Waals surface area (Å²) in [6.07, 6.45) is 7.59. The Kier molecular flexibility index (Phi) is 6.90. The van der Waals surface area contributed by atoms with Gasteiger partial charge in [0, 0.05) is 23.6 Å². The van der Waals surface area contributed by atoms with Crippen LogP contribution in [-0.4, -0.2) is 37.6 Å². The Morgan fingerprint density at radius 1 is 1.10 bits per heavy atom. The van der Waals surface area contributed by atoms with Gasteiger partial charge in [-0.2, -0.15) is 0 Å². The Morgan fingerprint density at radius 3 is 2.40 bits per heavy atom. The largest absolute Gasteiger partial charge is 0.481 e. The third-order valence-electron chi connectivity index (χ3n) is 4.63. The molecule has 8 heteroatoms. The van der Waals surface area contributed by atoms with Crippen molar-refractivity contribution < 1.29 is 14.6 Å². The highest BCUT2D eigenvalue weighted by Crippen LogP contribution is 2.33. The standard InChI is InChI=1S/C22H25N5O3/c1-4-15(9-20(28)29)16-6-7-18(21-23-10-14(3)11-24-21)19(8-16)27-17-12-25-22(26-13-17)30-5-2/h6-8,10-13,15,27H,4-5,9H2,1-3H3,(H,28,29)/t15-/m1/s1. The van der Waals surface area contributed by atoms with E-state index in [0.717, 1.165) is 28.8 Å². The van der Waals surface area contributed by atoms with Crippen LogP contribution in [0.3, 0.4) is 0 Å². The molecule has 0 spiro atoms. The van der Waals surface area contributed by atoms with E-state index in [1.54, 1.807) is 24.8 Å². The summed E-state index contributed by atoms with van der Waals surface area (Å²) in [7, 11) is 0. The van der Waals surface area contributed by atoms with Crippen LogP contribution in [0, 0.1) is 6.92 Å². The molecular formula is C22H25N5O3. The minimum absolute atomic E-state index is 0.0719. The Hall–Kier alpha value is -3.55. The number of rotatable bonds is 9. The van der Waals surface area contributed by atoms with Crippen molar-refractivity contribution >= 4 is 17.3 Å². The van der Waals surface area contributed by atoms with Gasteiger partial charge in [0.15, 0.2) is 5.82 Å². The van der Waals surface area contributed by atoms with Crippen LogP contribution in [0.25, 0.3) is 11.4 Å². The molecule has 0 radical (unpaired) electrons. The van der Waals surface area contributed by atoms with Crippen LogP contribution in [0.5, 0.6) is 6.01 Å². The lowest BCUT2D eigenvalue weighted by molar-refractivity contribution is -0.137. The van der Waals surface area contributed by atoms with Gasteiger partial charge in [0.1, 0.15) is 0 Å². The second-order valence-corrected chi connectivity index (χ2v) is 6.90. The molecule has 2 heterocycles. The van der Waals surface area contributed by atoms with Crippen molar-refractivity contribution in [3.63, 3.8) is 0 Å². The quantitative estimate of drug-likeness (QED) is 0.538. The van der Waals surface area contributed by atoms with Crippen LogP contribution >= 0.6 is 0 Å². The molecule has 0 amide bonds. The number of carboxylic acid groups (broad SMARTS) is 1. The smallest absolute Gasteiger partial charge is 0.316 e. The summed E-state index contributed by atoms with van der Waals surface area (Å²) in [4.78, 5) is 28.5. The average molecular weight is 407 g/mol. The van der Waals surface area contributed by atoms with Gasteiger partial charge in [-0.05, 0) is 49.4 Å². The van der Waals surface area contributed by atoms with Crippen molar-refractivity contribution in [3.05, 3.63) is 54.1 Å². The van der Waals surface area contributed by atoms with Gasteiger partial charge in [0.25, 0.3) is 0 Å². The van der Waals surface area contributed by atoms with E-state index in [1.807, 2.05) is 39.0 Å². The molecule has 8 nitrogen and oxygen atoms in total. The number of aromatic nitrogens is 4. The van der Waals surface area contributed by atoms with E-state index in [1.165, 1.54) is 0 Å². The minimum Gasteiger partial charge on any atom is -0.481 e. The minimum atomic E-state index is -0.817. The average Bonchev–Trinajstić information content (AvgIpc) is 2.74. The molecule has 0 unspecified atom stereocenters. The van der Waals surface area contributed by atoms with Gasteiger partial charge in [-0.3, -0.25) is 4.79 Å². The molecule has 2 N–H and O–H groups in total. The number of nitrogens with one attached hydrogen (secondary N) is 1. The maximum absolute atomic E-state index is 11.3. The number of aryl methyl sites for hydroxylation is 1. The molecule has 0 saturated heterocycles. The summed E-state index contributed by atoms with van der Waals surface area (Å²) in [5.74, 6) is -0.331. The van der Waals surface area contributed by atoms with Gasteiger partial charge in [0.2, 0.25) is 0 Å². The molecule has 0 aliphatic heterocycles. The van der Waals surface area contributed by atoms with Gasteiger partial charge in [0.05, 0.1) is 31.1 Å². The van der Waals surface area contributed by atoms with Gasteiger partial charge in [-0.25, -0.2) is 19.9 Å². The molecule has 1 aromatic carbocycles. The highest BCUT2D eigenvalue weighted by molar-refractivity contribution is 5.78. The summed E-state index contributed by atoms with van der Waals surface area (Å²) in [5.41, 5.74) is 4.14. The van der Waals surface area contributed by atoms with Crippen LogP contribution in [0.1, 0.15) is 43.7 Å². The zero-order chi connectivity index (χ0) is 21.5. The highest BCUT2D eigenvalue weighted by atomic mass is 16.5. The van der Waals surface area contributed by atoms with Crippen LogP contribution < -0.4 is 10.1 Å². The van der Waals surface area contributed by atoms with E-state index in [-0.39, 0.29) is 12.3 Å².